The molecule has 164 valence electrons. The summed E-state index contributed by atoms with van der Waals surface area (Å²) in [5.74, 6) is 0.135. The van der Waals surface area contributed by atoms with E-state index in [0.29, 0.717) is 6.04 Å². The van der Waals surface area contributed by atoms with Crippen molar-refractivity contribution in [2.24, 2.45) is 0 Å². The van der Waals surface area contributed by atoms with Crippen LogP contribution in [0.25, 0.3) is 0 Å². The molecule has 2 aliphatic heterocycles. The van der Waals surface area contributed by atoms with Crippen molar-refractivity contribution in [2.45, 2.75) is 25.2 Å². The third-order valence-corrected chi connectivity index (χ3v) is 6.67. The van der Waals surface area contributed by atoms with Gasteiger partial charge in [-0.15, -0.1) is 0 Å². The minimum absolute atomic E-state index is 0.0856. The number of hydrogen-bond acceptors (Lipinski definition) is 4. The summed E-state index contributed by atoms with van der Waals surface area (Å²) in [5.41, 5.74) is 5.55. The molecule has 5 heteroatoms. The number of para-hydroxylation sites is 2. The van der Waals surface area contributed by atoms with Crippen molar-refractivity contribution in [3.05, 3.63) is 95.6 Å². The van der Waals surface area contributed by atoms with Crippen LogP contribution in [0.15, 0.2) is 78.9 Å². The third-order valence-electron chi connectivity index (χ3n) is 6.67. The average Bonchev–Trinajstić information content (AvgIpc) is 3.46. The van der Waals surface area contributed by atoms with Crippen molar-refractivity contribution >= 4 is 17.3 Å². The van der Waals surface area contributed by atoms with Gasteiger partial charge in [0.15, 0.2) is 0 Å². The number of likely N-dealkylation sites (N-methyl/N-ethyl adjacent to an activating group) is 1. The molecular formula is C27H30N4O. The molecule has 1 fully saturated rings. The molecule has 0 saturated carbocycles. The van der Waals surface area contributed by atoms with Crippen LogP contribution in [0.4, 0.5) is 11.4 Å². The number of benzene rings is 3. The topological polar surface area (TPSA) is 38.8 Å². The van der Waals surface area contributed by atoms with Gasteiger partial charge in [0.1, 0.15) is 6.17 Å². The second kappa shape index (κ2) is 8.67. The standard InChI is InChI=1S/C27H30N4O/c1-29(2)23-16-17-30(19-23)27(32)22-14-12-20(13-15-22)18-31-25-11-7-6-10-24(25)28-26(31)21-8-4-3-5-9-21/h3-15,23,26,28H,16-19H2,1-2H3. The lowest BCUT2D eigenvalue weighted by atomic mass is 10.1. The lowest BCUT2D eigenvalue weighted by Gasteiger charge is -2.27. The fraction of sp³-hybridized carbons (Fsp3) is 0.296. The summed E-state index contributed by atoms with van der Waals surface area (Å²) in [5, 5.41) is 3.66. The van der Waals surface area contributed by atoms with E-state index in [1.54, 1.807) is 0 Å². The normalized spacial score (nSPS) is 19.8. The van der Waals surface area contributed by atoms with Crippen molar-refractivity contribution in [1.82, 2.24) is 9.80 Å². The van der Waals surface area contributed by atoms with Crippen LogP contribution >= 0.6 is 0 Å². The van der Waals surface area contributed by atoms with E-state index in [0.717, 1.165) is 37.3 Å². The van der Waals surface area contributed by atoms with Crippen LogP contribution in [-0.2, 0) is 6.54 Å². The summed E-state index contributed by atoms with van der Waals surface area (Å²) in [4.78, 5) is 19.5. The van der Waals surface area contributed by atoms with Crippen LogP contribution in [0.2, 0.25) is 0 Å². The molecule has 2 heterocycles. The Morgan fingerprint density at radius 1 is 0.969 bits per heavy atom. The molecule has 2 aliphatic rings. The number of likely N-dealkylation sites (tertiary alicyclic amines) is 1. The molecule has 1 amide bonds. The Bertz CT molecular complexity index is 1080. The van der Waals surface area contributed by atoms with Crippen molar-refractivity contribution in [2.75, 3.05) is 37.4 Å². The SMILES string of the molecule is CN(C)C1CCN(C(=O)c2ccc(CN3c4ccccc4NC3c3ccccc3)cc2)C1. The maximum atomic E-state index is 13.0. The monoisotopic (exact) mass is 426 g/mol. The Labute approximate surface area is 190 Å². The molecular weight excluding hydrogens is 396 g/mol. The van der Waals surface area contributed by atoms with E-state index in [9.17, 15) is 4.79 Å². The summed E-state index contributed by atoms with van der Waals surface area (Å²) < 4.78 is 0. The molecule has 3 aromatic carbocycles. The molecule has 0 spiro atoms. The number of anilines is 2. The molecule has 0 aromatic heterocycles. The first-order valence-electron chi connectivity index (χ1n) is 11.3. The molecule has 32 heavy (non-hydrogen) atoms. The van der Waals surface area contributed by atoms with E-state index < -0.39 is 0 Å². The molecule has 5 nitrogen and oxygen atoms in total. The lowest BCUT2D eigenvalue weighted by molar-refractivity contribution is 0.0783. The maximum absolute atomic E-state index is 13.0. The molecule has 2 unspecified atom stereocenters. The highest BCUT2D eigenvalue weighted by atomic mass is 16.2. The highest BCUT2D eigenvalue weighted by Crippen LogP contribution is 2.41. The van der Waals surface area contributed by atoms with Crippen LogP contribution in [0.1, 0.15) is 34.1 Å². The van der Waals surface area contributed by atoms with Gasteiger partial charge in [-0.05, 0) is 55.9 Å². The van der Waals surface area contributed by atoms with E-state index in [2.05, 4.69) is 89.9 Å². The minimum atomic E-state index is 0.0856. The Morgan fingerprint density at radius 3 is 2.41 bits per heavy atom. The zero-order valence-electron chi connectivity index (χ0n) is 18.7. The van der Waals surface area contributed by atoms with Crippen LogP contribution in [0.5, 0.6) is 0 Å². The first-order chi connectivity index (χ1) is 15.6. The second-order valence-corrected chi connectivity index (χ2v) is 8.96. The molecule has 0 aliphatic carbocycles. The van der Waals surface area contributed by atoms with Gasteiger partial charge in [0.25, 0.3) is 5.91 Å². The maximum Gasteiger partial charge on any atom is 0.253 e. The summed E-state index contributed by atoms with van der Waals surface area (Å²) >= 11 is 0. The third kappa shape index (κ3) is 3.96. The second-order valence-electron chi connectivity index (χ2n) is 8.96. The molecule has 0 radical (unpaired) electrons. The smallest absolute Gasteiger partial charge is 0.253 e. The van der Waals surface area contributed by atoms with Gasteiger partial charge >= 0.3 is 0 Å². The summed E-state index contributed by atoms with van der Waals surface area (Å²) in [6.45, 7) is 2.41. The van der Waals surface area contributed by atoms with Crippen molar-refractivity contribution in [3.8, 4) is 0 Å². The fourth-order valence-corrected chi connectivity index (χ4v) is 4.77. The van der Waals surface area contributed by atoms with E-state index in [1.165, 1.54) is 16.8 Å². The van der Waals surface area contributed by atoms with Gasteiger partial charge in [-0.1, -0.05) is 54.6 Å². The molecule has 1 saturated heterocycles. The summed E-state index contributed by atoms with van der Waals surface area (Å²) in [6, 6.07) is 27.6. The van der Waals surface area contributed by atoms with Crippen LogP contribution in [-0.4, -0.2) is 48.9 Å². The van der Waals surface area contributed by atoms with E-state index in [4.69, 9.17) is 0 Å². The summed E-state index contributed by atoms with van der Waals surface area (Å²) in [6.07, 6.45) is 1.13. The highest BCUT2D eigenvalue weighted by molar-refractivity contribution is 5.94. The van der Waals surface area contributed by atoms with Gasteiger partial charge < -0.3 is 20.0 Å². The Kier molecular flexibility index (Phi) is 5.58. The number of carbonyl (C=O) groups is 1. The summed E-state index contributed by atoms with van der Waals surface area (Å²) in [7, 11) is 4.17. The zero-order valence-corrected chi connectivity index (χ0v) is 18.7. The van der Waals surface area contributed by atoms with Gasteiger partial charge in [0.2, 0.25) is 0 Å². The molecule has 0 bridgehead atoms. The lowest BCUT2D eigenvalue weighted by Crippen LogP contribution is -2.34. The number of fused-ring (bicyclic) bond motifs is 1. The minimum Gasteiger partial charge on any atom is -0.360 e. The van der Waals surface area contributed by atoms with Crippen molar-refractivity contribution in [1.29, 1.82) is 0 Å². The van der Waals surface area contributed by atoms with Crippen molar-refractivity contribution in [3.63, 3.8) is 0 Å². The molecule has 1 N–H and O–H groups in total. The van der Waals surface area contributed by atoms with Gasteiger partial charge in [-0.25, -0.2) is 0 Å². The van der Waals surface area contributed by atoms with Crippen molar-refractivity contribution < 1.29 is 4.79 Å². The number of amides is 1. The number of rotatable bonds is 5. The van der Waals surface area contributed by atoms with E-state index >= 15 is 0 Å². The number of nitrogens with one attached hydrogen (secondary N) is 1. The van der Waals surface area contributed by atoms with E-state index in [1.807, 2.05) is 23.1 Å². The Morgan fingerprint density at radius 2 is 1.69 bits per heavy atom. The van der Waals surface area contributed by atoms with Gasteiger partial charge in [-0.3, -0.25) is 4.79 Å². The highest BCUT2D eigenvalue weighted by Gasteiger charge is 2.30. The quantitative estimate of drug-likeness (QED) is 0.648. The van der Waals surface area contributed by atoms with Gasteiger partial charge in [0, 0.05) is 31.2 Å². The van der Waals surface area contributed by atoms with E-state index in [-0.39, 0.29) is 12.1 Å². The predicted octanol–water partition coefficient (Wildman–Crippen LogP) is 4.59. The molecule has 3 aromatic rings. The predicted molar refractivity (Wildman–Crippen MR) is 130 cm³/mol. The number of hydrogen-bond donors (Lipinski definition) is 1. The number of carbonyl (C=O) groups excluding carboxylic acids is 1. The van der Waals surface area contributed by atoms with Crippen LogP contribution in [0.3, 0.4) is 0 Å². The Balaban J connectivity index is 1.33. The molecule has 2 atom stereocenters. The Hall–Kier alpha value is -3.31. The van der Waals surface area contributed by atoms with Crippen LogP contribution < -0.4 is 10.2 Å². The van der Waals surface area contributed by atoms with Gasteiger partial charge in [0.05, 0.1) is 11.4 Å². The van der Waals surface area contributed by atoms with Gasteiger partial charge in [-0.2, -0.15) is 0 Å². The van der Waals surface area contributed by atoms with Crippen LogP contribution in [0, 0.1) is 0 Å². The molecule has 5 rings (SSSR count). The largest absolute Gasteiger partial charge is 0.360 e. The first-order valence-corrected chi connectivity index (χ1v) is 11.3. The number of nitrogens with zero attached hydrogens (tertiary/aromatic N) is 3. The average molecular weight is 427 g/mol. The first kappa shape index (κ1) is 20.6. The fourth-order valence-electron chi connectivity index (χ4n) is 4.77. The zero-order chi connectivity index (χ0) is 22.1.